The zero-order valence-corrected chi connectivity index (χ0v) is 8.03. The van der Waals surface area contributed by atoms with Crippen molar-refractivity contribution in [3.05, 3.63) is 24.5 Å². The van der Waals surface area contributed by atoms with Crippen molar-refractivity contribution in [1.82, 2.24) is 9.97 Å². The maximum Gasteiger partial charge on any atom is 0.289 e. The van der Waals surface area contributed by atoms with Gasteiger partial charge in [0.1, 0.15) is 12.1 Å². The molecule has 1 aromatic heterocycles. The summed E-state index contributed by atoms with van der Waals surface area (Å²) in [7, 11) is 0. The van der Waals surface area contributed by atoms with Crippen LogP contribution < -0.4 is 5.32 Å². The molecular formula is C10H10N4O. The molecule has 5 nitrogen and oxygen atoms in total. The fraction of sp³-hybridized carbons (Fsp3) is 0.200. The molecule has 1 aromatic carbocycles. The number of para-hydroxylation sites is 1. The molecule has 3 rings (SSSR count). The van der Waals surface area contributed by atoms with E-state index in [-0.39, 0.29) is 0 Å². The highest BCUT2D eigenvalue weighted by molar-refractivity contribution is 5.98. The van der Waals surface area contributed by atoms with Crippen LogP contribution >= 0.6 is 0 Å². The Labute approximate surface area is 86.2 Å². The second-order valence-corrected chi connectivity index (χ2v) is 3.26. The molecule has 0 radical (unpaired) electrons. The molecule has 0 saturated heterocycles. The first-order valence-electron chi connectivity index (χ1n) is 4.80. The van der Waals surface area contributed by atoms with Gasteiger partial charge in [0, 0.05) is 0 Å². The van der Waals surface area contributed by atoms with Gasteiger partial charge in [-0.25, -0.2) is 9.98 Å². The molecule has 15 heavy (non-hydrogen) atoms. The van der Waals surface area contributed by atoms with Gasteiger partial charge in [-0.05, 0) is 12.1 Å². The largest absolute Gasteiger partial charge is 0.463 e. The number of amidine groups is 1. The number of aromatic amines is 1. The highest BCUT2D eigenvalue weighted by Gasteiger charge is 2.09. The molecule has 2 N–H and O–H groups in total. The third kappa shape index (κ3) is 1.41. The summed E-state index contributed by atoms with van der Waals surface area (Å²) < 4.78 is 5.28. The topological polar surface area (TPSA) is 62.3 Å². The Bertz CT molecular complexity index is 517. The zero-order valence-electron chi connectivity index (χ0n) is 8.03. The van der Waals surface area contributed by atoms with E-state index in [0.29, 0.717) is 12.6 Å². The minimum absolute atomic E-state index is 0.575. The summed E-state index contributed by atoms with van der Waals surface area (Å²) in [4.78, 5) is 11.5. The van der Waals surface area contributed by atoms with E-state index in [1.165, 1.54) is 0 Å². The first-order chi connectivity index (χ1) is 7.43. The molecule has 76 valence electrons. The lowest BCUT2D eigenvalue weighted by Crippen LogP contribution is -2.11. The SMILES string of the molecule is c1cc(NC2=NCCO2)c2nc[nH]c2c1. The molecule has 1 aliphatic rings. The van der Waals surface area contributed by atoms with Gasteiger partial charge in [-0.3, -0.25) is 0 Å². The number of hydrogen-bond acceptors (Lipinski definition) is 4. The molecule has 5 heteroatoms. The Balaban J connectivity index is 1.99. The van der Waals surface area contributed by atoms with Crippen LogP contribution in [0.25, 0.3) is 11.0 Å². The van der Waals surface area contributed by atoms with E-state index >= 15 is 0 Å². The van der Waals surface area contributed by atoms with E-state index < -0.39 is 0 Å². The number of fused-ring (bicyclic) bond motifs is 1. The Morgan fingerprint density at radius 1 is 1.40 bits per heavy atom. The van der Waals surface area contributed by atoms with Crippen LogP contribution in [0.3, 0.4) is 0 Å². The average molecular weight is 202 g/mol. The van der Waals surface area contributed by atoms with Crippen molar-refractivity contribution in [1.29, 1.82) is 0 Å². The zero-order chi connectivity index (χ0) is 10.1. The second kappa shape index (κ2) is 3.27. The predicted octanol–water partition coefficient (Wildman–Crippen LogP) is 1.36. The quantitative estimate of drug-likeness (QED) is 0.734. The van der Waals surface area contributed by atoms with Gasteiger partial charge in [0.05, 0.1) is 24.1 Å². The monoisotopic (exact) mass is 202 g/mol. The van der Waals surface area contributed by atoms with Crippen LogP contribution in [0.1, 0.15) is 0 Å². The molecule has 0 atom stereocenters. The van der Waals surface area contributed by atoms with Crippen LogP contribution in [0.4, 0.5) is 5.69 Å². The lowest BCUT2D eigenvalue weighted by molar-refractivity contribution is 0.346. The molecule has 0 saturated carbocycles. The minimum atomic E-state index is 0.575. The Morgan fingerprint density at radius 3 is 3.27 bits per heavy atom. The van der Waals surface area contributed by atoms with Gasteiger partial charge in [0.25, 0.3) is 6.02 Å². The fourth-order valence-electron chi connectivity index (χ4n) is 1.59. The van der Waals surface area contributed by atoms with Gasteiger partial charge >= 0.3 is 0 Å². The first kappa shape index (κ1) is 8.28. The van der Waals surface area contributed by atoms with Crippen molar-refractivity contribution in [3.8, 4) is 0 Å². The van der Waals surface area contributed by atoms with Crippen molar-refractivity contribution >= 4 is 22.7 Å². The summed E-state index contributed by atoms with van der Waals surface area (Å²) in [5.41, 5.74) is 2.81. The van der Waals surface area contributed by atoms with E-state index in [9.17, 15) is 0 Å². The third-order valence-electron chi connectivity index (χ3n) is 2.28. The standard InChI is InChI=1S/C10H10N4O/c1-2-7-9(13-6-12-7)8(3-1)14-10-11-4-5-15-10/h1-3,6H,4-5H2,(H,11,14)(H,12,13). The van der Waals surface area contributed by atoms with Crippen molar-refractivity contribution in [3.63, 3.8) is 0 Å². The number of H-pyrrole nitrogens is 1. The van der Waals surface area contributed by atoms with E-state index in [2.05, 4.69) is 20.3 Å². The van der Waals surface area contributed by atoms with Crippen molar-refractivity contribution in [2.24, 2.45) is 4.99 Å². The summed E-state index contributed by atoms with van der Waals surface area (Å²) in [5.74, 6) is 0. The summed E-state index contributed by atoms with van der Waals surface area (Å²) in [6.07, 6.45) is 1.67. The molecule has 0 bridgehead atoms. The van der Waals surface area contributed by atoms with E-state index in [4.69, 9.17) is 4.74 Å². The van der Waals surface area contributed by atoms with Crippen LogP contribution in [0.2, 0.25) is 0 Å². The van der Waals surface area contributed by atoms with Crippen molar-refractivity contribution in [2.45, 2.75) is 0 Å². The smallest absolute Gasteiger partial charge is 0.289 e. The van der Waals surface area contributed by atoms with Crippen LogP contribution in [-0.4, -0.2) is 29.1 Å². The number of hydrogen-bond donors (Lipinski definition) is 2. The third-order valence-corrected chi connectivity index (χ3v) is 2.28. The van der Waals surface area contributed by atoms with Crippen LogP contribution in [0, 0.1) is 0 Å². The van der Waals surface area contributed by atoms with Gasteiger partial charge in [-0.1, -0.05) is 6.07 Å². The summed E-state index contributed by atoms with van der Waals surface area (Å²) in [5, 5.41) is 3.12. The van der Waals surface area contributed by atoms with E-state index in [1.807, 2.05) is 18.2 Å². The van der Waals surface area contributed by atoms with E-state index in [1.54, 1.807) is 6.33 Å². The normalized spacial score (nSPS) is 15.1. The predicted molar refractivity (Wildman–Crippen MR) is 58.0 cm³/mol. The van der Waals surface area contributed by atoms with Gasteiger partial charge < -0.3 is 15.0 Å². The molecule has 0 amide bonds. The number of anilines is 1. The van der Waals surface area contributed by atoms with Crippen LogP contribution in [0.5, 0.6) is 0 Å². The fourth-order valence-corrected chi connectivity index (χ4v) is 1.59. The maximum absolute atomic E-state index is 5.28. The number of aromatic nitrogens is 2. The van der Waals surface area contributed by atoms with Crippen molar-refractivity contribution in [2.75, 3.05) is 18.5 Å². The highest BCUT2D eigenvalue weighted by Crippen LogP contribution is 2.19. The summed E-state index contributed by atoms with van der Waals surface area (Å²) >= 11 is 0. The molecular weight excluding hydrogens is 192 g/mol. The molecule has 0 aliphatic carbocycles. The second-order valence-electron chi connectivity index (χ2n) is 3.26. The summed E-state index contributed by atoms with van der Waals surface area (Å²) in [6.45, 7) is 1.37. The van der Waals surface area contributed by atoms with Gasteiger partial charge in [-0.15, -0.1) is 0 Å². The van der Waals surface area contributed by atoms with Gasteiger partial charge in [0.15, 0.2) is 0 Å². The average Bonchev–Trinajstić information content (AvgIpc) is 2.87. The minimum Gasteiger partial charge on any atom is -0.463 e. The molecule has 0 spiro atoms. The number of aliphatic imine (C=N–C) groups is 1. The maximum atomic E-state index is 5.28. The van der Waals surface area contributed by atoms with Gasteiger partial charge in [-0.2, -0.15) is 0 Å². The molecule has 2 heterocycles. The molecule has 0 unspecified atom stereocenters. The number of rotatable bonds is 1. The number of imidazole rings is 1. The van der Waals surface area contributed by atoms with E-state index in [0.717, 1.165) is 23.3 Å². The Morgan fingerprint density at radius 2 is 2.40 bits per heavy atom. The van der Waals surface area contributed by atoms with Crippen LogP contribution in [-0.2, 0) is 4.74 Å². The number of nitrogens with zero attached hydrogens (tertiary/aromatic N) is 2. The van der Waals surface area contributed by atoms with Crippen molar-refractivity contribution < 1.29 is 4.74 Å². The number of benzene rings is 1. The molecule has 2 aromatic rings. The molecule has 1 aliphatic heterocycles. The Kier molecular flexibility index (Phi) is 1.81. The highest BCUT2D eigenvalue weighted by atomic mass is 16.5. The number of ether oxygens (including phenoxy) is 1. The lowest BCUT2D eigenvalue weighted by atomic mass is 10.3. The van der Waals surface area contributed by atoms with Gasteiger partial charge in [0.2, 0.25) is 0 Å². The first-order valence-corrected chi connectivity index (χ1v) is 4.80. The lowest BCUT2D eigenvalue weighted by Gasteiger charge is -2.05. The Hall–Kier alpha value is -2.04. The summed E-state index contributed by atoms with van der Waals surface area (Å²) in [6, 6.07) is 6.46. The number of nitrogens with one attached hydrogen (secondary N) is 2. The molecule has 0 fully saturated rings. The van der Waals surface area contributed by atoms with Crippen LogP contribution in [0.15, 0.2) is 29.5 Å².